The molecule has 0 fully saturated rings. The van der Waals surface area contributed by atoms with E-state index >= 15 is 0 Å². The number of pyridine rings is 1. The lowest BCUT2D eigenvalue weighted by Crippen LogP contribution is -2.38. The van der Waals surface area contributed by atoms with Crippen LogP contribution >= 0.6 is 11.6 Å². The third-order valence-corrected chi connectivity index (χ3v) is 5.75. The second-order valence-electron chi connectivity index (χ2n) is 6.12. The Morgan fingerprint density at radius 2 is 1.65 bits per heavy atom. The first-order chi connectivity index (χ1) is 12.3. The van der Waals surface area contributed by atoms with Crippen LogP contribution in [-0.2, 0) is 16.6 Å². The maximum Gasteiger partial charge on any atom is 0.186 e. The summed E-state index contributed by atoms with van der Waals surface area (Å²) in [5.74, 6) is 0. The number of halogens is 1. The van der Waals surface area contributed by atoms with Gasteiger partial charge in [0, 0.05) is 23.6 Å². The lowest BCUT2D eigenvalue weighted by molar-refractivity contribution is -0.696. The molecule has 0 amide bonds. The minimum absolute atomic E-state index is 0.203. The first-order valence-corrected chi connectivity index (χ1v) is 9.95. The van der Waals surface area contributed by atoms with Gasteiger partial charge in [-0.3, -0.25) is 0 Å². The van der Waals surface area contributed by atoms with Gasteiger partial charge in [-0.1, -0.05) is 54.1 Å². The molecule has 0 bridgehead atoms. The van der Waals surface area contributed by atoms with Crippen LogP contribution in [0.5, 0.6) is 0 Å². The fraction of sp³-hybridized carbons (Fsp3) is 0.150. The topological polar surface area (TPSA) is 52.1 Å². The van der Waals surface area contributed by atoms with Gasteiger partial charge in [-0.25, -0.2) is 8.42 Å². The summed E-state index contributed by atoms with van der Waals surface area (Å²) < 4.78 is 31.5. The van der Waals surface area contributed by atoms with Crippen molar-refractivity contribution in [3.8, 4) is 0 Å². The monoisotopic (exact) mass is 386 g/mol. The molecular weight excluding hydrogens is 368 g/mol. The molecule has 2 aromatic carbocycles. The smallest absolute Gasteiger partial charge is 0.186 e. The van der Waals surface area contributed by atoms with Crippen LogP contribution in [0.25, 0.3) is 4.72 Å². The van der Waals surface area contributed by atoms with Crippen molar-refractivity contribution >= 4 is 27.3 Å². The van der Waals surface area contributed by atoms with Crippen LogP contribution in [0.1, 0.15) is 16.8 Å². The predicted molar refractivity (Wildman–Crippen MR) is 103 cm³/mol. The highest BCUT2D eigenvalue weighted by molar-refractivity contribution is 7.94. The van der Waals surface area contributed by atoms with Gasteiger partial charge in [-0.15, -0.1) is 5.69 Å². The molecule has 0 aliphatic carbocycles. The maximum atomic E-state index is 12.8. The molecule has 1 heterocycles. The molecular formula is C20H19ClN2O2S. The Kier molecular flexibility index (Phi) is 5.30. The summed E-state index contributed by atoms with van der Waals surface area (Å²) in [5, 5.41) is 0.536. The summed E-state index contributed by atoms with van der Waals surface area (Å²) in [5.41, 5.74) is 3.10. The highest BCUT2D eigenvalue weighted by atomic mass is 35.5. The van der Waals surface area contributed by atoms with Crippen LogP contribution < -0.4 is 4.57 Å². The second-order valence-corrected chi connectivity index (χ2v) is 8.13. The van der Waals surface area contributed by atoms with Crippen molar-refractivity contribution in [2.24, 2.45) is 0 Å². The highest BCUT2D eigenvalue weighted by Crippen LogP contribution is 2.29. The summed E-state index contributed by atoms with van der Waals surface area (Å²) in [6.07, 6.45) is 1.66. The maximum absolute atomic E-state index is 12.8. The molecule has 0 atom stereocenters. The average Bonchev–Trinajstić information content (AvgIpc) is 2.60. The van der Waals surface area contributed by atoms with Gasteiger partial charge in [0.15, 0.2) is 18.4 Å². The number of sulfonamides is 1. The number of hydrogen-bond acceptors (Lipinski definition) is 2. The third kappa shape index (κ3) is 4.23. The van der Waals surface area contributed by atoms with E-state index < -0.39 is 10.0 Å². The summed E-state index contributed by atoms with van der Waals surface area (Å²) in [6, 6.07) is 18.2. The molecule has 0 unspecified atom stereocenters. The van der Waals surface area contributed by atoms with Gasteiger partial charge < -0.3 is 4.72 Å². The number of rotatable bonds is 5. The predicted octanol–water partition coefficient (Wildman–Crippen LogP) is 4.69. The van der Waals surface area contributed by atoms with E-state index in [4.69, 9.17) is 11.6 Å². The van der Waals surface area contributed by atoms with Gasteiger partial charge in [0.25, 0.3) is 0 Å². The normalized spacial score (nSPS) is 11.3. The van der Waals surface area contributed by atoms with Gasteiger partial charge >= 0.3 is 0 Å². The van der Waals surface area contributed by atoms with Crippen molar-refractivity contribution in [2.45, 2.75) is 25.3 Å². The van der Waals surface area contributed by atoms with E-state index in [-0.39, 0.29) is 4.90 Å². The second kappa shape index (κ2) is 7.48. The van der Waals surface area contributed by atoms with E-state index in [1.165, 1.54) is 0 Å². The van der Waals surface area contributed by atoms with E-state index in [1.807, 2.05) is 47.9 Å². The molecule has 0 aliphatic heterocycles. The summed E-state index contributed by atoms with van der Waals surface area (Å²) in [4.78, 5) is 0.203. The van der Waals surface area contributed by atoms with Crippen LogP contribution in [0.4, 0.5) is 5.69 Å². The largest absolute Gasteiger partial charge is 0.573 e. The zero-order chi connectivity index (χ0) is 18.7. The number of aryl methyl sites for hydroxylation is 2. The molecule has 0 radical (unpaired) electrons. The Labute approximate surface area is 159 Å². The number of nitrogens with zero attached hydrogens (tertiary/aromatic N) is 2. The van der Waals surface area contributed by atoms with E-state index in [2.05, 4.69) is 4.72 Å². The zero-order valence-corrected chi connectivity index (χ0v) is 16.1. The van der Waals surface area contributed by atoms with Crippen molar-refractivity contribution in [1.82, 2.24) is 0 Å². The summed E-state index contributed by atoms with van der Waals surface area (Å²) >= 11 is 5.85. The van der Waals surface area contributed by atoms with Gasteiger partial charge in [-0.2, -0.15) is 4.57 Å². The van der Waals surface area contributed by atoms with Crippen molar-refractivity contribution in [2.75, 3.05) is 0 Å². The zero-order valence-electron chi connectivity index (χ0n) is 14.6. The van der Waals surface area contributed by atoms with Crippen LogP contribution in [0.3, 0.4) is 0 Å². The Balaban J connectivity index is 1.95. The van der Waals surface area contributed by atoms with E-state index in [0.29, 0.717) is 22.8 Å². The third-order valence-electron chi connectivity index (χ3n) is 4.07. The van der Waals surface area contributed by atoms with Gasteiger partial charge in [0.05, 0.1) is 0 Å². The number of aromatic nitrogens is 1. The van der Waals surface area contributed by atoms with Crippen LogP contribution in [0.2, 0.25) is 5.02 Å². The summed E-state index contributed by atoms with van der Waals surface area (Å²) in [6.45, 7) is 4.34. The number of hydrogen-bond donors (Lipinski definition) is 0. The standard InChI is InChI=1S/C20H19ClN2O2S/c1-15-12-16(2)23(13-17-6-4-3-5-7-17)14-20(15)26(24,25)22-19-10-8-18(21)9-11-19/h3-12,14H,13H2,1-2H3. The van der Waals surface area contributed by atoms with Gasteiger partial charge in [-0.05, 0) is 24.6 Å². The average molecular weight is 387 g/mol. The highest BCUT2D eigenvalue weighted by Gasteiger charge is 2.18. The molecule has 1 aromatic heterocycles. The van der Waals surface area contributed by atoms with Crippen molar-refractivity contribution in [1.29, 1.82) is 0 Å². The number of benzene rings is 2. The fourth-order valence-corrected chi connectivity index (χ4v) is 4.07. The van der Waals surface area contributed by atoms with Crippen LogP contribution in [-0.4, -0.2) is 8.42 Å². The SMILES string of the molecule is Cc1cc(C)[n+](Cc2ccccc2)cc1S(=O)(=O)[N-]c1ccc(Cl)cc1. The van der Waals surface area contributed by atoms with Crippen molar-refractivity contribution < 1.29 is 13.0 Å². The quantitative estimate of drug-likeness (QED) is 0.597. The Bertz CT molecular complexity index is 1020. The van der Waals surface area contributed by atoms with Crippen molar-refractivity contribution in [3.05, 3.63) is 93.4 Å². The van der Waals surface area contributed by atoms with Crippen LogP contribution in [0, 0.1) is 13.8 Å². The summed E-state index contributed by atoms with van der Waals surface area (Å²) in [7, 11) is -3.83. The lowest BCUT2D eigenvalue weighted by atomic mass is 10.2. The van der Waals surface area contributed by atoms with Crippen LogP contribution in [0.15, 0.2) is 71.8 Å². The Morgan fingerprint density at radius 3 is 2.31 bits per heavy atom. The molecule has 4 nitrogen and oxygen atoms in total. The molecule has 0 N–H and O–H groups in total. The van der Waals surface area contributed by atoms with E-state index in [0.717, 1.165) is 11.3 Å². The minimum atomic E-state index is -3.83. The molecule has 6 heteroatoms. The van der Waals surface area contributed by atoms with E-state index in [9.17, 15) is 8.42 Å². The molecule has 3 aromatic rings. The molecule has 3 rings (SSSR count). The molecule has 0 saturated heterocycles. The fourth-order valence-electron chi connectivity index (χ4n) is 2.72. The molecule has 134 valence electrons. The first-order valence-electron chi connectivity index (χ1n) is 8.13. The van der Waals surface area contributed by atoms with Gasteiger partial charge in [0.1, 0.15) is 14.9 Å². The first kappa shape index (κ1) is 18.4. The van der Waals surface area contributed by atoms with Gasteiger partial charge in [0.2, 0.25) is 0 Å². The lowest BCUT2D eigenvalue weighted by Gasteiger charge is -2.22. The Hall–Kier alpha value is -2.37. The molecule has 0 aliphatic rings. The minimum Gasteiger partial charge on any atom is -0.573 e. The molecule has 26 heavy (non-hydrogen) atoms. The van der Waals surface area contributed by atoms with E-state index in [1.54, 1.807) is 37.4 Å². The van der Waals surface area contributed by atoms with Crippen molar-refractivity contribution in [3.63, 3.8) is 0 Å². The molecule has 0 spiro atoms. The molecule has 0 saturated carbocycles. The Morgan fingerprint density at radius 1 is 1.00 bits per heavy atom.